The van der Waals surface area contributed by atoms with E-state index in [0.29, 0.717) is 12.7 Å². The summed E-state index contributed by atoms with van der Waals surface area (Å²) in [5, 5.41) is 0. The maximum atomic E-state index is 11.0. The summed E-state index contributed by atoms with van der Waals surface area (Å²) in [6.07, 6.45) is 2.00. The first-order valence-electron chi connectivity index (χ1n) is 3.65. The average molecular weight is 158 g/mol. The van der Waals surface area contributed by atoms with Crippen LogP contribution in [0.25, 0.3) is 0 Å². The highest BCUT2D eigenvalue weighted by atomic mass is 16.5. The first-order chi connectivity index (χ1) is 5.10. The highest BCUT2D eigenvalue weighted by Crippen LogP contribution is 2.21. The zero-order chi connectivity index (χ0) is 8.91. The van der Waals surface area contributed by atoms with E-state index in [1.807, 2.05) is 6.92 Å². The average Bonchev–Trinajstić information content (AvgIpc) is 2.03. The fourth-order valence-corrected chi connectivity index (χ4v) is 0.962. The molecule has 0 spiro atoms. The molecule has 0 aliphatic heterocycles. The summed E-state index contributed by atoms with van der Waals surface area (Å²) in [4.78, 5) is 21.5. The maximum Gasteiger partial charge on any atom is 0.318 e. The minimum atomic E-state index is -0.941. The standard InChI is InChI=1S/C8H14O3/c1-4-5-8(2,6-9)7(10)11-3/h6H,4-5H2,1-3H3. The van der Waals surface area contributed by atoms with E-state index in [-0.39, 0.29) is 0 Å². The fourth-order valence-electron chi connectivity index (χ4n) is 0.962. The number of hydrogen-bond donors (Lipinski definition) is 0. The molecule has 1 atom stereocenters. The van der Waals surface area contributed by atoms with Crippen LogP contribution in [0.2, 0.25) is 0 Å². The molecule has 0 rings (SSSR count). The van der Waals surface area contributed by atoms with Crippen LogP contribution in [0.15, 0.2) is 0 Å². The van der Waals surface area contributed by atoms with Gasteiger partial charge in [-0.3, -0.25) is 4.79 Å². The highest BCUT2D eigenvalue weighted by molar-refractivity contribution is 5.92. The Hall–Kier alpha value is -0.860. The molecule has 0 aromatic rings. The second kappa shape index (κ2) is 4.11. The molecule has 3 heteroatoms. The SMILES string of the molecule is CCCC(C)(C=O)C(=O)OC. The van der Waals surface area contributed by atoms with Crippen LogP contribution < -0.4 is 0 Å². The summed E-state index contributed by atoms with van der Waals surface area (Å²) in [7, 11) is 1.29. The molecule has 0 radical (unpaired) electrons. The lowest BCUT2D eigenvalue weighted by Crippen LogP contribution is -2.30. The van der Waals surface area contributed by atoms with Crippen molar-refractivity contribution in [3.63, 3.8) is 0 Å². The summed E-state index contributed by atoms with van der Waals surface area (Å²) in [5.74, 6) is -0.450. The van der Waals surface area contributed by atoms with Crippen LogP contribution in [-0.4, -0.2) is 19.4 Å². The van der Waals surface area contributed by atoms with Gasteiger partial charge in [-0.25, -0.2) is 0 Å². The first kappa shape index (κ1) is 10.1. The third-order valence-electron chi connectivity index (χ3n) is 1.68. The third kappa shape index (κ3) is 2.33. The largest absolute Gasteiger partial charge is 0.468 e. The van der Waals surface area contributed by atoms with Gasteiger partial charge in [0.15, 0.2) is 0 Å². The van der Waals surface area contributed by atoms with E-state index >= 15 is 0 Å². The van der Waals surface area contributed by atoms with Crippen LogP contribution in [0, 0.1) is 5.41 Å². The van der Waals surface area contributed by atoms with Crippen molar-refractivity contribution in [2.24, 2.45) is 5.41 Å². The Morgan fingerprint density at radius 1 is 1.64 bits per heavy atom. The van der Waals surface area contributed by atoms with Crippen LogP contribution in [0.4, 0.5) is 0 Å². The normalized spacial score (nSPS) is 15.2. The Morgan fingerprint density at radius 3 is 2.45 bits per heavy atom. The van der Waals surface area contributed by atoms with Crippen LogP contribution >= 0.6 is 0 Å². The summed E-state index contributed by atoms with van der Waals surface area (Å²) in [6.45, 7) is 3.51. The molecule has 0 aromatic heterocycles. The smallest absolute Gasteiger partial charge is 0.318 e. The highest BCUT2D eigenvalue weighted by Gasteiger charge is 2.32. The van der Waals surface area contributed by atoms with Gasteiger partial charge in [0.05, 0.1) is 7.11 Å². The van der Waals surface area contributed by atoms with Crippen molar-refractivity contribution in [2.45, 2.75) is 26.7 Å². The number of esters is 1. The van der Waals surface area contributed by atoms with E-state index < -0.39 is 11.4 Å². The van der Waals surface area contributed by atoms with E-state index in [2.05, 4.69) is 4.74 Å². The van der Waals surface area contributed by atoms with E-state index in [1.54, 1.807) is 6.92 Å². The lowest BCUT2D eigenvalue weighted by Gasteiger charge is -2.18. The molecule has 11 heavy (non-hydrogen) atoms. The van der Waals surface area contributed by atoms with Gasteiger partial charge in [-0.15, -0.1) is 0 Å². The van der Waals surface area contributed by atoms with Crippen molar-refractivity contribution in [3.8, 4) is 0 Å². The Balaban J connectivity index is 4.31. The van der Waals surface area contributed by atoms with Crippen molar-refractivity contribution in [1.82, 2.24) is 0 Å². The second-order valence-corrected chi connectivity index (χ2v) is 2.78. The number of carbonyl (C=O) groups is 2. The molecule has 0 saturated heterocycles. The lowest BCUT2D eigenvalue weighted by molar-refractivity contribution is -0.153. The van der Waals surface area contributed by atoms with Crippen LogP contribution in [0.1, 0.15) is 26.7 Å². The molecule has 0 aliphatic rings. The van der Waals surface area contributed by atoms with Crippen molar-refractivity contribution in [3.05, 3.63) is 0 Å². The van der Waals surface area contributed by atoms with E-state index in [9.17, 15) is 9.59 Å². The van der Waals surface area contributed by atoms with E-state index in [0.717, 1.165) is 6.42 Å². The van der Waals surface area contributed by atoms with Gasteiger partial charge in [-0.05, 0) is 13.3 Å². The van der Waals surface area contributed by atoms with Gasteiger partial charge in [0.25, 0.3) is 0 Å². The number of aldehydes is 1. The van der Waals surface area contributed by atoms with Gasteiger partial charge in [-0.1, -0.05) is 13.3 Å². The minimum Gasteiger partial charge on any atom is -0.468 e. The molecule has 0 amide bonds. The second-order valence-electron chi connectivity index (χ2n) is 2.78. The Morgan fingerprint density at radius 2 is 2.18 bits per heavy atom. The third-order valence-corrected chi connectivity index (χ3v) is 1.68. The summed E-state index contributed by atoms with van der Waals surface area (Å²) >= 11 is 0. The predicted molar refractivity (Wildman–Crippen MR) is 41.1 cm³/mol. The Labute approximate surface area is 66.7 Å². The van der Waals surface area contributed by atoms with Gasteiger partial charge in [0.1, 0.15) is 11.7 Å². The molecule has 0 fully saturated rings. The molecule has 0 aliphatic carbocycles. The van der Waals surface area contributed by atoms with Crippen LogP contribution in [0.3, 0.4) is 0 Å². The van der Waals surface area contributed by atoms with Crippen molar-refractivity contribution in [2.75, 3.05) is 7.11 Å². The minimum absolute atomic E-state index is 0.450. The molecule has 0 aromatic carbocycles. The maximum absolute atomic E-state index is 11.0. The molecule has 0 bridgehead atoms. The van der Waals surface area contributed by atoms with Crippen molar-refractivity contribution < 1.29 is 14.3 Å². The number of ether oxygens (including phenoxy) is 1. The zero-order valence-electron chi connectivity index (χ0n) is 7.22. The predicted octanol–water partition coefficient (Wildman–Crippen LogP) is 1.16. The molecule has 3 nitrogen and oxygen atoms in total. The number of carbonyl (C=O) groups excluding carboxylic acids is 2. The summed E-state index contributed by atoms with van der Waals surface area (Å²) in [5.41, 5.74) is -0.941. The molecular formula is C8H14O3. The Bertz CT molecular complexity index is 153. The van der Waals surface area contributed by atoms with Gasteiger partial charge >= 0.3 is 5.97 Å². The topological polar surface area (TPSA) is 43.4 Å². The molecule has 64 valence electrons. The van der Waals surface area contributed by atoms with Crippen molar-refractivity contribution >= 4 is 12.3 Å². The molecule has 0 heterocycles. The quantitative estimate of drug-likeness (QED) is 0.350. The van der Waals surface area contributed by atoms with Gasteiger partial charge in [0, 0.05) is 0 Å². The summed E-state index contributed by atoms with van der Waals surface area (Å²) in [6, 6.07) is 0. The van der Waals surface area contributed by atoms with Crippen LogP contribution in [-0.2, 0) is 14.3 Å². The molecule has 0 N–H and O–H groups in total. The van der Waals surface area contributed by atoms with Crippen LogP contribution in [0.5, 0.6) is 0 Å². The lowest BCUT2D eigenvalue weighted by atomic mass is 9.88. The molecular weight excluding hydrogens is 144 g/mol. The fraction of sp³-hybridized carbons (Fsp3) is 0.750. The molecule has 1 unspecified atom stereocenters. The van der Waals surface area contributed by atoms with Gasteiger partial charge < -0.3 is 9.53 Å². The number of methoxy groups -OCH3 is 1. The monoisotopic (exact) mass is 158 g/mol. The number of rotatable bonds is 4. The van der Waals surface area contributed by atoms with Gasteiger partial charge in [0.2, 0.25) is 0 Å². The van der Waals surface area contributed by atoms with Gasteiger partial charge in [-0.2, -0.15) is 0 Å². The van der Waals surface area contributed by atoms with Crippen molar-refractivity contribution in [1.29, 1.82) is 0 Å². The Kier molecular flexibility index (Phi) is 3.79. The summed E-state index contributed by atoms with van der Waals surface area (Å²) < 4.78 is 4.49. The van der Waals surface area contributed by atoms with E-state index in [4.69, 9.17) is 0 Å². The zero-order valence-corrected chi connectivity index (χ0v) is 7.22. The molecule has 0 saturated carbocycles. The van der Waals surface area contributed by atoms with E-state index in [1.165, 1.54) is 7.11 Å². The number of hydrogen-bond acceptors (Lipinski definition) is 3. The first-order valence-corrected chi connectivity index (χ1v) is 3.65.